The van der Waals surface area contributed by atoms with Gasteiger partial charge in [0.2, 0.25) is 5.91 Å². The van der Waals surface area contributed by atoms with Crippen LogP contribution in [-0.4, -0.2) is 50.1 Å². The van der Waals surface area contributed by atoms with Gasteiger partial charge in [-0.15, -0.1) is 0 Å². The fraction of sp³-hybridized carbons (Fsp3) is 0.400. The van der Waals surface area contributed by atoms with E-state index in [-0.39, 0.29) is 16.6 Å². The zero-order valence-corrected chi connectivity index (χ0v) is 20.6. The van der Waals surface area contributed by atoms with Crippen molar-refractivity contribution >= 4 is 33.4 Å². The highest BCUT2D eigenvalue weighted by atomic mass is 32.2. The van der Waals surface area contributed by atoms with E-state index < -0.39 is 22.0 Å². The standard InChI is InChI=1S/C25H30N4O4S/c1-15-11-16(2)14-29(13-15)25(31)19-10-9-17(3)21(12-19)27-24(30)18(4)26-23-20-7-5-6-8-22(20)34(32,33)28-23/h5-10,12,15-16,18H,11,13-14H2,1-4H3,(H,26,28)(H,27,30)/t15?,16?,18-/m0/s1. The minimum Gasteiger partial charge on any atom is -0.338 e. The molecular formula is C25H30N4O4S. The van der Waals surface area contributed by atoms with E-state index in [1.165, 1.54) is 6.07 Å². The minimum absolute atomic E-state index is 0.0424. The summed E-state index contributed by atoms with van der Waals surface area (Å²) in [6, 6.07) is 11.0. The number of rotatable bonds is 4. The maximum absolute atomic E-state index is 13.1. The molecule has 2 N–H and O–H groups in total. The van der Waals surface area contributed by atoms with Gasteiger partial charge in [0, 0.05) is 29.9 Å². The van der Waals surface area contributed by atoms with Crippen LogP contribution in [0.25, 0.3) is 0 Å². The average Bonchev–Trinajstić information content (AvgIpc) is 3.04. The Hall–Kier alpha value is -3.20. The van der Waals surface area contributed by atoms with Gasteiger partial charge in [0.05, 0.1) is 4.90 Å². The lowest BCUT2D eigenvalue weighted by atomic mass is 9.91. The summed E-state index contributed by atoms with van der Waals surface area (Å²) < 4.78 is 27.0. The molecule has 0 spiro atoms. The summed E-state index contributed by atoms with van der Waals surface area (Å²) in [5, 5.41) is 2.85. The van der Waals surface area contributed by atoms with E-state index in [1.807, 2.05) is 17.9 Å². The highest BCUT2D eigenvalue weighted by Crippen LogP contribution is 2.25. The highest BCUT2D eigenvalue weighted by molar-refractivity contribution is 7.90. The monoisotopic (exact) mass is 482 g/mol. The van der Waals surface area contributed by atoms with Crippen LogP contribution in [0, 0.1) is 18.8 Å². The number of nitrogens with zero attached hydrogens (tertiary/aromatic N) is 2. The zero-order chi connectivity index (χ0) is 24.6. The Bertz CT molecular complexity index is 1260. The second-order valence-electron chi connectivity index (χ2n) is 9.43. The van der Waals surface area contributed by atoms with Crippen molar-refractivity contribution in [2.75, 3.05) is 18.4 Å². The molecule has 2 aliphatic heterocycles. The number of amides is 2. The Labute approximate surface area is 200 Å². The van der Waals surface area contributed by atoms with E-state index in [0.29, 0.717) is 28.7 Å². The Kier molecular flexibility index (Phi) is 6.49. The van der Waals surface area contributed by atoms with Gasteiger partial charge in [-0.2, -0.15) is 0 Å². The molecule has 1 fully saturated rings. The summed E-state index contributed by atoms with van der Waals surface area (Å²) in [5.74, 6) is 0.612. The van der Waals surface area contributed by atoms with Gasteiger partial charge in [0.15, 0.2) is 0 Å². The van der Waals surface area contributed by atoms with Gasteiger partial charge < -0.3 is 10.2 Å². The molecule has 4 rings (SSSR count). The molecule has 0 aliphatic carbocycles. The number of nitrogens with one attached hydrogen (secondary N) is 2. The Morgan fingerprint density at radius 3 is 2.50 bits per heavy atom. The summed E-state index contributed by atoms with van der Waals surface area (Å²) >= 11 is 0. The third-order valence-corrected chi connectivity index (χ3v) is 7.66. The molecule has 180 valence electrons. The second-order valence-corrected chi connectivity index (χ2v) is 11.1. The third-order valence-electron chi connectivity index (χ3n) is 6.26. The molecule has 2 aliphatic rings. The topological polar surface area (TPSA) is 108 Å². The van der Waals surface area contributed by atoms with Gasteiger partial charge in [-0.05, 0) is 61.9 Å². The van der Waals surface area contributed by atoms with E-state index in [1.54, 1.807) is 37.3 Å². The molecule has 2 unspecified atom stereocenters. The molecule has 0 aromatic heterocycles. The van der Waals surface area contributed by atoms with Crippen LogP contribution in [0.5, 0.6) is 0 Å². The van der Waals surface area contributed by atoms with Crippen molar-refractivity contribution in [1.29, 1.82) is 0 Å². The average molecular weight is 483 g/mol. The summed E-state index contributed by atoms with van der Waals surface area (Å²) in [4.78, 5) is 32.4. The van der Waals surface area contributed by atoms with Crippen LogP contribution in [-0.2, 0) is 14.8 Å². The van der Waals surface area contributed by atoms with Crippen molar-refractivity contribution in [3.63, 3.8) is 0 Å². The van der Waals surface area contributed by atoms with Crippen molar-refractivity contribution in [3.05, 3.63) is 59.2 Å². The van der Waals surface area contributed by atoms with Crippen LogP contribution in [0.4, 0.5) is 5.69 Å². The Balaban J connectivity index is 1.51. The second kappa shape index (κ2) is 9.21. The number of benzene rings is 2. The van der Waals surface area contributed by atoms with Gasteiger partial charge in [-0.3, -0.25) is 19.3 Å². The first-order chi connectivity index (χ1) is 16.0. The maximum atomic E-state index is 13.1. The van der Waals surface area contributed by atoms with E-state index in [2.05, 4.69) is 28.9 Å². The number of piperidine rings is 1. The summed E-state index contributed by atoms with van der Waals surface area (Å²) in [5.41, 5.74) is 2.32. The van der Waals surface area contributed by atoms with Crippen LogP contribution in [0.2, 0.25) is 0 Å². The number of anilines is 1. The summed E-state index contributed by atoms with van der Waals surface area (Å²) in [7, 11) is -3.68. The summed E-state index contributed by atoms with van der Waals surface area (Å²) in [6.07, 6.45) is 1.11. The molecule has 0 bridgehead atoms. The van der Waals surface area contributed by atoms with Gasteiger partial charge in [-0.1, -0.05) is 32.0 Å². The van der Waals surface area contributed by atoms with Crippen molar-refractivity contribution in [1.82, 2.24) is 9.62 Å². The minimum atomic E-state index is -3.68. The van der Waals surface area contributed by atoms with Gasteiger partial charge in [0.1, 0.15) is 11.9 Å². The molecule has 34 heavy (non-hydrogen) atoms. The lowest BCUT2D eigenvalue weighted by Crippen LogP contribution is -2.42. The van der Waals surface area contributed by atoms with Crippen molar-refractivity contribution in [2.45, 2.75) is 45.1 Å². The molecule has 8 nitrogen and oxygen atoms in total. The molecular weight excluding hydrogens is 452 g/mol. The first kappa shape index (κ1) is 23.9. The zero-order valence-electron chi connectivity index (χ0n) is 19.8. The number of aliphatic imine (C=N–C) groups is 1. The van der Waals surface area contributed by atoms with Crippen molar-refractivity contribution < 1.29 is 18.0 Å². The SMILES string of the molecule is Cc1ccc(C(=O)N2CC(C)CC(C)C2)cc1NC(=O)[C@H](C)N=C1NS(=O)(=O)c2ccccc21. The number of fused-ring (bicyclic) bond motifs is 1. The van der Waals surface area contributed by atoms with Crippen LogP contribution >= 0.6 is 0 Å². The largest absolute Gasteiger partial charge is 0.338 e. The number of hydrogen-bond donors (Lipinski definition) is 2. The van der Waals surface area contributed by atoms with E-state index in [4.69, 9.17) is 0 Å². The van der Waals surface area contributed by atoms with Gasteiger partial charge in [-0.25, -0.2) is 8.42 Å². The molecule has 1 saturated heterocycles. The fourth-order valence-electron chi connectivity index (χ4n) is 4.62. The lowest BCUT2D eigenvalue weighted by Gasteiger charge is -2.35. The number of carbonyl (C=O) groups excluding carboxylic acids is 2. The molecule has 0 radical (unpaired) electrons. The van der Waals surface area contributed by atoms with E-state index in [9.17, 15) is 18.0 Å². The molecule has 9 heteroatoms. The number of aryl methyl sites for hydroxylation is 1. The van der Waals surface area contributed by atoms with Crippen LogP contribution < -0.4 is 10.0 Å². The highest BCUT2D eigenvalue weighted by Gasteiger charge is 2.31. The molecule has 3 atom stereocenters. The van der Waals surface area contributed by atoms with Crippen LogP contribution in [0.1, 0.15) is 48.7 Å². The van der Waals surface area contributed by atoms with Gasteiger partial charge >= 0.3 is 0 Å². The molecule has 2 heterocycles. The Morgan fingerprint density at radius 1 is 1.12 bits per heavy atom. The lowest BCUT2D eigenvalue weighted by molar-refractivity contribution is -0.117. The van der Waals surface area contributed by atoms with Gasteiger partial charge in [0.25, 0.3) is 15.9 Å². The van der Waals surface area contributed by atoms with E-state index in [0.717, 1.165) is 25.1 Å². The number of carbonyl (C=O) groups is 2. The quantitative estimate of drug-likeness (QED) is 0.698. The van der Waals surface area contributed by atoms with Crippen LogP contribution in [0.15, 0.2) is 52.4 Å². The molecule has 0 saturated carbocycles. The predicted octanol–water partition coefficient (Wildman–Crippen LogP) is 3.18. The van der Waals surface area contributed by atoms with Crippen molar-refractivity contribution in [2.24, 2.45) is 16.8 Å². The first-order valence-electron chi connectivity index (χ1n) is 11.5. The number of hydrogen-bond acceptors (Lipinski definition) is 5. The van der Waals surface area contributed by atoms with Crippen molar-refractivity contribution in [3.8, 4) is 0 Å². The predicted molar refractivity (Wildman–Crippen MR) is 131 cm³/mol. The fourth-order valence-corrected chi connectivity index (χ4v) is 5.86. The molecule has 2 amide bonds. The van der Waals surface area contributed by atoms with E-state index >= 15 is 0 Å². The smallest absolute Gasteiger partial charge is 0.263 e. The van der Waals surface area contributed by atoms with Crippen LogP contribution in [0.3, 0.4) is 0 Å². The number of sulfonamides is 1. The first-order valence-corrected chi connectivity index (χ1v) is 12.9. The Morgan fingerprint density at radius 2 is 1.79 bits per heavy atom. The maximum Gasteiger partial charge on any atom is 0.263 e. The molecule has 2 aromatic carbocycles. The number of likely N-dealkylation sites (tertiary alicyclic amines) is 1. The number of amidine groups is 1. The normalized spacial score (nSPS) is 23.2. The third kappa shape index (κ3) is 4.84. The molecule has 2 aromatic rings. The summed E-state index contributed by atoms with van der Waals surface area (Å²) in [6.45, 7) is 9.21.